The first-order valence-electron chi connectivity index (χ1n) is 7.85. The van der Waals surface area contributed by atoms with Crippen molar-refractivity contribution in [1.29, 1.82) is 0 Å². The van der Waals surface area contributed by atoms with Gasteiger partial charge in [0.05, 0.1) is 5.69 Å². The van der Waals surface area contributed by atoms with E-state index >= 15 is 0 Å². The van der Waals surface area contributed by atoms with Crippen molar-refractivity contribution < 1.29 is 18.4 Å². The monoisotopic (exact) mass is 310 g/mol. The number of Topliss-reactive ketones (excluding diaryl/α,β-unsaturated/α-hetero) is 1. The van der Waals surface area contributed by atoms with E-state index in [1.807, 2.05) is 0 Å². The van der Waals surface area contributed by atoms with E-state index in [-0.39, 0.29) is 23.8 Å². The van der Waals surface area contributed by atoms with Crippen LogP contribution in [0.25, 0.3) is 0 Å². The Bertz CT molecular complexity index is 562. The van der Waals surface area contributed by atoms with Crippen LogP contribution in [0.3, 0.4) is 0 Å². The molecule has 1 aromatic rings. The maximum Gasteiger partial charge on any atom is 0.243 e. The smallest absolute Gasteiger partial charge is 0.243 e. The molecule has 1 atom stereocenters. The highest BCUT2D eigenvalue weighted by Gasteiger charge is 2.32. The summed E-state index contributed by atoms with van der Waals surface area (Å²) in [5, 5.41) is 2.98. The summed E-state index contributed by atoms with van der Waals surface area (Å²) in [5.41, 5.74) is 0.577. The molecule has 22 heavy (non-hydrogen) atoms. The zero-order chi connectivity index (χ0) is 15.7. The van der Waals surface area contributed by atoms with E-state index in [0.717, 1.165) is 0 Å². The van der Waals surface area contributed by atoms with Gasteiger partial charge in [-0.1, -0.05) is 0 Å². The number of rotatable bonds is 3. The lowest BCUT2D eigenvalue weighted by Crippen LogP contribution is -2.43. The molecule has 0 bridgehead atoms. The van der Waals surface area contributed by atoms with Crippen molar-refractivity contribution in [3.63, 3.8) is 0 Å². The van der Waals surface area contributed by atoms with Crippen LogP contribution in [0.5, 0.6) is 0 Å². The molecule has 2 aliphatic rings. The fourth-order valence-corrected chi connectivity index (χ4v) is 3.51. The van der Waals surface area contributed by atoms with Crippen LogP contribution in [-0.4, -0.2) is 28.7 Å². The number of carbonyl (C=O) groups excluding carboxylic acids is 2. The minimum Gasteiger partial charge on any atom is -0.352 e. The van der Waals surface area contributed by atoms with E-state index in [4.69, 9.17) is 0 Å². The normalized spacial score (nSPS) is 28.5. The van der Waals surface area contributed by atoms with E-state index in [1.54, 1.807) is 22.9 Å². The number of ketones is 1. The lowest BCUT2D eigenvalue weighted by molar-refractivity contribution is -0.125. The second kappa shape index (κ2) is 6.18. The summed E-state index contributed by atoms with van der Waals surface area (Å²) in [6.45, 7) is 0. The van der Waals surface area contributed by atoms with Gasteiger partial charge in [-0.2, -0.15) is 0 Å². The molecule has 1 unspecified atom stereocenters. The molecule has 1 amide bonds. The Hall–Kier alpha value is -1.72. The van der Waals surface area contributed by atoms with E-state index in [2.05, 4.69) is 5.32 Å². The largest absolute Gasteiger partial charge is 0.352 e. The molecule has 0 saturated heterocycles. The molecule has 120 valence electrons. The second-order valence-electron chi connectivity index (χ2n) is 6.23. The molecular weight excluding hydrogens is 290 g/mol. The predicted octanol–water partition coefficient (Wildman–Crippen LogP) is 2.95. The summed E-state index contributed by atoms with van der Waals surface area (Å²) in [6.07, 6.45) is 2.49. The summed E-state index contributed by atoms with van der Waals surface area (Å²) < 4.78 is 27.0. The van der Waals surface area contributed by atoms with Gasteiger partial charge in [0.2, 0.25) is 12.3 Å². The highest BCUT2D eigenvalue weighted by Crippen LogP contribution is 2.30. The quantitative estimate of drug-likeness (QED) is 0.933. The maximum atomic E-state index is 12.6. The fourth-order valence-electron chi connectivity index (χ4n) is 3.51. The van der Waals surface area contributed by atoms with Gasteiger partial charge < -0.3 is 9.88 Å². The Balaban J connectivity index is 1.60. The number of hydrogen-bond acceptors (Lipinski definition) is 2. The zero-order valence-electron chi connectivity index (χ0n) is 12.3. The molecule has 0 aromatic carbocycles. The van der Waals surface area contributed by atoms with Gasteiger partial charge in [-0.05, 0) is 44.2 Å². The summed E-state index contributed by atoms with van der Waals surface area (Å²) in [6, 6.07) is 3.11. The van der Waals surface area contributed by atoms with Crippen LogP contribution in [0.1, 0.15) is 55.1 Å². The van der Waals surface area contributed by atoms with Gasteiger partial charge in [0.1, 0.15) is 6.04 Å². The van der Waals surface area contributed by atoms with Crippen molar-refractivity contribution in [2.45, 2.75) is 57.0 Å². The van der Waals surface area contributed by atoms with E-state index < -0.39 is 12.3 Å². The first-order chi connectivity index (χ1) is 10.6. The first kappa shape index (κ1) is 15.2. The topological polar surface area (TPSA) is 51.1 Å². The molecule has 2 heterocycles. The molecule has 1 aliphatic carbocycles. The molecule has 1 saturated carbocycles. The van der Waals surface area contributed by atoms with Gasteiger partial charge in [-0.25, -0.2) is 8.78 Å². The van der Waals surface area contributed by atoms with Crippen molar-refractivity contribution in [2.24, 2.45) is 5.92 Å². The SMILES string of the molecule is O=C1CCC(C(=O)NC2CCC(C(F)F)CC2)n2cccc21. The van der Waals surface area contributed by atoms with Crippen LogP contribution in [-0.2, 0) is 4.79 Å². The molecule has 6 heteroatoms. The number of hydrogen-bond donors (Lipinski definition) is 1. The minimum atomic E-state index is -2.26. The third-order valence-corrected chi connectivity index (χ3v) is 4.82. The number of alkyl halides is 2. The van der Waals surface area contributed by atoms with Crippen LogP contribution in [0.2, 0.25) is 0 Å². The third-order valence-electron chi connectivity index (χ3n) is 4.82. The van der Waals surface area contributed by atoms with Crippen molar-refractivity contribution in [3.05, 3.63) is 24.0 Å². The number of nitrogens with one attached hydrogen (secondary N) is 1. The summed E-state index contributed by atoms with van der Waals surface area (Å²) in [5.74, 6) is -0.576. The minimum absolute atomic E-state index is 0.0286. The highest BCUT2D eigenvalue weighted by molar-refractivity contribution is 5.97. The Kier molecular flexibility index (Phi) is 4.27. The van der Waals surface area contributed by atoms with Gasteiger partial charge in [0.25, 0.3) is 0 Å². The number of aromatic nitrogens is 1. The zero-order valence-corrected chi connectivity index (χ0v) is 12.3. The van der Waals surface area contributed by atoms with Gasteiger partial charge >= 0.3 is 0 Å². The lowest BCUT2D eigenvalue weighted by atomic mass is 9.86. The van der Waals surface area contributed by atoms with Crippen molar-refractivity contribution >= 4 is 11.7 Å². The highest BCUT2D eigenvalue weighted by atomic mass is 19.3. The Morgan fingerprint density at radius 2 is 1.95 bits per heavy atom. The first-order valence-corrected chi connectivity index (χ1v) is 7.85. The lowest BCUT2D eigenvalue weighted by Gasteiger charge is -2.31. The molecule has 0 radical (unpaired) electrons. The summed E-state index contributed by atoms with van der Waals surface area (Å²) in [4.78, 5) is 24.2. The number of halogens is 2. The van der Waals surface area contributed by atoms with Gasteiger partial charge in [0, 0.05) is 24.6 Å². The average Bonchev–Trinajstić information content (AvgIpc) is 2.98. The van der Waals surface area contributed by atoms with Crippen molar-refractivity contribution in [3.8, 4) is 0 Å². The molecular formula is C16H20F2N2O2. The third kappa shape index (κ3) is 2.91. The number of amides is 1. The molecule has 3 rings (SSSR count). The Morgan fingerprint density at radius 3 is 2.64 bits per heavy atom. The van der Waals surface area contributed by atoms with E-state index in [9.17, 15) is 18.4 Å². The van der Waals surface area contributed by atoms with Crippen LogP contribution >= 0.6 is 0 Å². The summed E-state index contributed by atoms with van der Waals surface area (Å²) >= 11 is 0. The maximum absolute atomic E-state index is 12.6. The van der Waals surface area contributed by atoms with Crippen molar-refractivity contribution in [2.75, 3.05) is 0 Å². The number of fused-ring (bicyclic) bond motifs is 1. The summed E-state index contributed by atoms with van der Waals surface area (Å²) in [7, 11) is 0. The number of nitrogens with zero attached hydrogens (tertiary/aromatic N) is 1. The van der Waals surface area contributed by atoms with Crippen molar-refractivity contribution in [1.82, 2.24) is 9.88 Å². The van der Waals surface area contributed by atoms with Gasteiger partial charge in [-0.3, -0.25) is 9.59 Å². The molecule has 1 aliphatic heterocycles. The Morgan fingerprint density at radius 1 is 1.23 bits per heavy atom. The standard InChI is InChI=1S/C16H20F2N2O2/c17-15(18)10-3-5-11(6-4-10)19-16(22)13-7-8-14(21)12-2-1-9-20(12)13/h1-2,9-11,13,15H,3-8H2,(H,19,22). The molecule has 1 fully saturated rings. The average molecular weight is 310 g/mol. The molecule has 1 N–H and O–H groups in total. The predicted molar refractivity (Wildman–Crippen MR) is 76.9 cm³/mol. The molecule has 0 spiro atoms. The van der Waals surface area contributed by atoms with Gasteiger partial charge in [0.15, 0.2) is 5.78 Å². The molecule has 4 nitrogen and oxygen atoms in total. The van der Waals surface area contributed by atoms with Gasteiger partial charge in [-0.15, -0.1) is 0 Å². The van der Waals surface area contributed by atoms with E-state index in [1.165, 1.54) is 0 Å². The molecule has 1 aromatic heterocycles. The Labute approximate surface area is 127 Å². The van der Waals surface area contributed by atoms with Crippen LogP contribution in [0.15, 0.2) is 18.3 Å². The van der Waals surface area contributed by atoms with Crippen LogP contribution in [0, 0.1) is 5.92 Å². The van der Waals surface area contributed by atoms with Crippen LogP contribution in [0.4, 0.5) is 8.78 Å². The van der Waals surface area contributed by atoms with E-state index in [0.29, 0.717) is 44.2 Å². The van der Waals surface area contributed by atoms with Crippen LogP contribution < -0.4 is 5.32 Å². The second-order valence-corrected chi connectivity index (χ2v) is 6.23. The fraction of sp³-hybridized carbons (Fsp3) is 0.625. The number of carbonyl (C=O) groups is 2.